The van der Waals surface area contributed by atoms with Crippen LogP contribution in [0.1, 0.15) is 26.7 Å². The first-order valence-electron chi connectivity index (χ1n) is 3.77. The molecule has 0 fully saturated rings. The van der Waals surface area contributed by atoms with Crippen LogP contribution in [0.5, 0.6) is 0 Å². The van der Waals surface area contributed by atoms with Gasteiger partial charge in [-0.3, -0.25) is 9.79 Å². The number of aliphatic imine (C=N–C) groups is 1. The zero-order valence-electron chi connectivity index (χ0n) is 6.55. The van der Waals surface area contributed by atoms with Crippen LogP contribution in [0.3, 0.4) is 0 Å². The molecule has 0 aromatic carbocycles. The quantitative estimate of drug-likeness (QED) is 0.540. The van der Waals surface area contributed by atoms with Gasteiger partial charge in [-0.25, -0.2) is 0 Å². The number of ketones is 1. The fraction of sp³-hybridized carbons (Fsp3) is 0.750. The maximum Gasteiger partial charge on any atom is 0.173 e. The molecule has 0 aromatic rings. The minimum Gasteiger partial charge on any atom is -0.293 e. The number of nitrogens with zero attached hydrogens (tertiary/aromatic N) is 1. The summed E-state index contributed by atoms with van der Waals surface area (Å²) in [4.78, 5) is 15.1. The molecule has 1 aliphatic heterocycles. The van der Waals surface area contributed by atoms with Crippen LogP contribution in [-0.2, 0) is 4.79 Å². The van der Waals surface area contributed by atoms with E-state index in [4.69, 9.17) is 0 Å². The van der Waals surface area contributed by atoms with E-state index >= 15 is 0 Å². The Kier molecular flexibility index (Phi) is 2.20. The number of hydrogen-bond donors (Lipinski definition) is 0. The highest BCUT2D eigenvalue weighted by Crippen LogP contribution is 2.14. The van der Waals surface area contributed by atoms with Crippen LogP contribution in [0, 0.1) is 5.92 Å². The molecule has 0 radical (unpaired) electrons. The molecule has 2 heteroatoms. The molecule has 56 valence electrons. The van der Waals surface area contributed by atoms with Crippen LogP contribution in [-0.4, -0.2) is 18.0 Å². The predicted molar refractivity (Wildman–Crippen MR) is 41.4 cm³/mol. The highest BCUT2D eigenvalue weighted by atomic mass is 16.1. The second kappa shape index (κ2) is 2.95. The molecule has 0 spiro atoms. The van der Waals surface area contributed by atoms with Crippen molar-refractivity contribution in [2.24, 2.45) is 10.9 Å². The van der Waals surface area contributed by atoms with E-state index in [1.165, 1.54) is 0 Å². The van der Waals surface area contributed by atoms with Crippen LogP contribution in [0.2, 0.25) is 0 Å². The van der Waals surface area contributed by atoms with Gasteiger partial charge in [-0.05, 0) is 12.8 Å². The molecular weight excluding hydrogens is 126 g/mol. The van der Waals surface area contributed by atoms with Crippen molar-refractivity contribution in [3.05, 3.63) is 0 Å². The Bertz CT molecular complexity index is 172. The third kappa shape index (κ3) is 1.43. The molecule has 0 amide bonds. The molecule has 1 unspecified atom stereocenters. The van der Waals surface area contributed by atoms with Gasteiger partial charge in [0, 0.05) is 19.4 Å². The Morgan fingerprint density at radius 1 is 1.70 bits per heavy atom. The van der Waals surface area contributed by atoms with Crippen LogP contribution in [0.25, 0.3) is 0 Å². The Morgan fingerprint density at radius 3 is 2.80 bits per heavy atom. The molecule has 0 bridgehead atoms. The molecule has 10 heavy (non-hydrogen) atoms. The maximum atomic E-state index is 10.9. The van der Waals surface area contributed by atoms with E-state index in [-0.39, 0.29) is 5.78 Å². The Balaban J connectivity index is 2.71. The molecule has 2 nitrogen and oxygen atoms in total. The Morgan fingerprint density at radius 2 is 2.40 bits per heavy atom. The topological polar surface area (TPSA) is 29.4 Å². The summed E-state index contributed by atoms with van der Waals surface area (Å²) in [7, 11) is 0. The van der Waals surface area contributed by atoms with E-state index in [1.54, 1.807) is 6.92 Å². The lowest BCUT2D eigenvalue weighted by molar-refractivity contribution is -0.111. The van der Waals surface area contributed by atoms with E-state index in [0.717, 1.165) is 25.1 Å². The van der Waals surface area contributed by atoms with Gasteiger partial charge in [-0.1, -0.05) is 6.92 Å². The number of carbonyl (C=O) groups is 1. The van der Waals surface area contributed by atoms with Gasteiger partial charge in [0.1, 0.15) is 0 Å². The fourth-order valence-corrected chi connectivity index (χ4v) is 1.35. The number of Topliss-reactive ketones (excluding diaryl/α,β-unsaturated/α-hetero) is 1. The third-order valence-electron chi connectivity index (χ3n) is 1.90. The first kappa shape index (κ1) is 7.45. The van der Waals surface area contributed by atoms with Crippen molar-refractivity contribution in [1.82, 2.24) is 0 Å². The molecular formula is C8H13NO. The Hall–Kier alpha value is -0.660. The summed E-state index contributed by atoms with van der Waals surface area (Å²) in [6.07, 6.45) is 2.26. The van der Waals surface area contributed by atoms with Crippen molar-refractivity contribution in [3.8, 4) is 0 Å². The van der Waals surface area contributed by atoms with Crippen molar-refractivity contribution >= 4 is 11.5 Å². The van der Waals surface area contributed by atoms with E-state index in [2.05, 4.69) is 11.9 Å². The monoisotopic (exact) mass is 139 g/mol. The van der Waals surface area contributed by atoms with Gasteiger partial charge in [0.25, 0.3) is 0 Å². The minimum absolute atomic E-state index is 0.146. The molecule has 0 N–H and O–H groups in total. The number of rotatable bonds is 1. The van der Waals surface area contributed by atoms with Crippen molar-refractivity contribution < 1.29 is 4.79 Å². The second-order valence-electron chi connectivity index (χ2n) is 2.87. The maximum absolute atomic E-state index is 10.9. The van der Waals surface area contributed by atoms with Crippen molar-refractivity contribution in [3.63, 3.8) is 0 Å². The van der Waals surface area contributed by atoms with Crippen LogP contribution >= 0.6 is 0 Å². The first-order chi connectivity index (χ1) is 4.72. The van der Waals surface area contributed by atoms with E-state index in [1.807, 2.05) is 0 Å². The highest BCUT2D eigenvalue weighted by molar-refractivity contribution is 6.39. The molecule has 1 atom stereocenters. The standard InChI is InChI=1S/C8H13NO/c1-6-4-3-5-9-8(6)7(2)10/h6H,3-5H2,1-2H3. The van der Waals surface area contributed by atoms with Crippen LogP contribution in [0.4, 0.5) is 0 Å². The van der Waals surface area contributed by atoms with Gasteiger partial charge in [-0.15, -0.1) is 0 Å². The average molecular weight is 139 g/mol. The summed E-state index contributed by atoms with van der Waals surface area (Å²) >= 11 is 0. The molecule has 0 aliphatic carbocycles. The zero-order chi connectivity index (χ0) is 7.56. The van der Waals surface area contributed by atoms with E-state index in [9.17, 15) is 4.79 Å². The number of carbonyl (C=O) groups excluding carboxylic acids is 1. The summed E-state index contributed by atoms with van der Waals surface area (Å²) < 4.78 is 0. The molecule has 1 rings (SSSR count). The van der Waals surface area contributed by atoms with Gasteiger partial charge in [0.15, 0.2) is 5.78 Å². The minimum atomic E-state index is 0.146. The SMILES string of the molecule is CC(=O)C1=NCCCC1C. The summed E-state index contributed by atoms with van der Waals surface area (Å²) in [5.41, 5.74) is 0.797. The zero-order valence-corrected chi connectivity index (χ0v) is 6.55. The van der Waals surface area contributed by atoms with E-state index < -0.39 is 0 Å². The third-order valence-corrected chi connectivity index (χ3v) is 1.90. The normalized spacial score (nSPS) is 25.8. The van der Waals surface area contributed by atoms with Gasteiger partial charge >= 0.3 is 0 Å². The summed E-state index contributed by atoms with van der Waals surface area (Å²) in [5, 5.41) is 0. The lowest BCUT2D eigenvalue weighted by atomic mass is 9.95. The summed E-state index contributed by atoms with van der Waals surface area (Å²) in [6, 6.07) is 0. The van der Waals surface area contributed by atoms with Gasteiger partial charge in [0.2, 0.25) is 0 Å². The van der Waals surface area contributed by atoms with Crippen molar-refractivity contribution in [1.29, 1.82) is 0 Å². The van der Waals surface area contributed by atoms with Gasteiger partial charge in [-0.2, -0.15) is 0 Å². The fourth-order valence-electron chi connectivity index (χ4n) is 1.35. The predicted octanol–water partition coefficient (Wildman–Crippen LogP) is 1.45. The van der Waals surface area contributed by atoms with Crippen LogP contribution in [0.15, 0.2) is 4.99 Å². The largest absolute Gasteiger partial charge is 0.293 e. The molecule has 0 aromatic heterocycles. The van der Waals surface area contributed by atoms with Crippen molar-refractivity contribution in [2.45, 2.75) is 26.7 Å². The summed E-state index contributed by atoms with van der Waals surface area (Å²) in [5.74, 6) is 0.540. The van der Waals surface area contributed by atoms with Crippen molar-refractivity contribution in [2.75, 3.05) is 6.54 Å². The molecule has 0 saturated carbocycles. The molecule has 0 saturated heterocycles. The van der Waals surface area contributed by atoms with Gasteiger partial charge < -0.3 is 0 Å². The lowest BCUT2D eigenvalue weighted by Crippen LogP contribution is -2.23. The number of hydrogen-bond acceptors (Lipinski definition) is 2. The Labute approximate surface area is 61.3 Å². The van der Waals surface area contributed by atoms with E-state index in [0.29, 0.717) is 5.92 Å². The lowest BCUT2D eigenvalue weighted by Gasteiger charge is -2.16. The highest BCUT2D eigenvalue weighted by Gasteiger charge is 2.17. The van der Waals surface area contributed by atoms with Gasteiger partial charge in [0.05, 0.1) is 5.71 Å². The molecule has 1 heterocycles. The first-order valence-corrected chi connectivity index (χ1v) is 3.77. The smallest absolute Gasteiger partial charge is 0.173 e. The van der Waals surface area contributed by atoms with Crippen LogP contribution < -0.4 is 0 Å². The average Bonchev–Trinajstić information content (AvgIpc) is 1.88. The molecule has 1 aliphatic rings. The summed E-state index contributed by atoms with van der Waals surface area (Å²) in [6.45, 7) is 4.51. The second-order valence-corrected chi connectivity index (χ2v) is 2.87.